The second-order valence-electron chi connectivity index (χ2n) is 5.90. The highest BCUT2D eigenvalue weighted by atomic mass is 16.5. The predicted octanol–water partition coefficient (Wildman–Crippen LogP) is 3.11. The van der Waals surface area contributed by atoms with Gasteiger partial charge in [-0.15, -0.1) is 0 Å². The molecule has 0 radical (unpaired) electrons. The molecule has 0 saturated carbocycles. The summed E-state index contributed by atoms with van der Waals surface area (Å²) < 4.78 is 10.8. The van der Waals surface area contributed by atoms with Crippen LogP contribution in [0.15, 0.2) is 48.8 Å². The average Bonchev–Trinajstić information content (AvgIpc) is 2.60. The highest BCUT2D eigenvalue weighted by Crippen LogP contribution is 2.25. The first kappa shape index (κ1) is 17.9. The number of aromatic nitrogens is 1. The molecule has 0 spiro atoms. The summed E-state index contributed by atoms with van der Waals surface area (Å²) in [5.74, 6) is 0.607. The molecule has 1 amide bonds. The van der Waals surface area contributed by atoms with E-state index in [0.717, 1.165) is 16.9 Å². The summed E-state index contributed by atoms with van der Waals surface area (Å²) in [5.41, 5.74) is 1.02. The number of hydrogen-bond donors (Lipinski definition) is 1. The van der Waals surface area contributed by atoms with Crippen LogP contribution in [0.3, 0.4) is 0 Å². The summed E-state index contributed by atoms with van der Waals surface area (Å²) >= 11 is 0. The molecule has 2 aromatic rings. The fourth-order valence-corrected chi connectivity index (χ4v) is 2.44. The Labute approximate surface area is 143 Å². The zero-order valence-corrected chi connectivity index (χ0v) is 14.6. The maximum absolute atomic E-state index is 12.7. The van der Waals surface area contributed by atoms with E-state index in [9.17, 15) is 4.79 Å². The van der Waals surface area contributed by atoms with Crippen LogP contribution >= 0.6 is 0 Å². The monoisotopic (exact) mass is 328 g/mol. The molecule has 1 aromatic carbocycles. The molecule has 0 aliphatic carbocycles. The van der Waals surface area contributed by atoms with Crippen LogP contribution in [0.2, 0.25) is 0 Å². The van der Waals surface area contributed by atoms with Gasteiger partial charge < -0.3 is 14.8 Å². The Morgan fingerprint density at radius 3 is 2.25 bits per heavy atom. The lowest BCUT2D eigenvalue weighted by Crippen LogP contribution is -2.45. The fraction of sp³-hybridized carbons (Fsp3) is 0.368. The van der Waals surface area contributed by atoms with E-state index < -0.39 is 5.60 Å². The number of nitrogens with zero attached hydrogens (tertiary/aromatic N) is 1. The van der Waals surface area contributed by atoms with Gasteiger partial charge in [0.05, 0.1) is 13.2 Å². The maximum Gasteiger partial charge on any atom is 0.252 e. The van der Waals surface area contributed by atoms with E-state index in [1.165, 1.54) is 0 Å². The molecule has 0 fully saturated rings. The lowest BCUT2D eigenvalue weighted by molar-refractivity contribution is -0.142. The van der Waals surface area contributed by atoms with E-state index in [2.05, 4.69) is 10.3 Å². The summed E-state index contributed by atoms with van der Waals surface area (Å²) in [6.07, 6.45) is 3.43. The third kappa shape index (κ3) is 4.32. The van der Waals surface area contributed by atoms with Crippen molar-refractivity contribution in [1.29, 1.82) is 0 Å². The van der Waals surface area contributed by atoms with Crippen LogP contribution in [0.5, 0.6) is 5.75 Å². The lowest BCUT2D eigenvalue weighted by Gasteiger charge is -2.28. The number of ether oxygens (including phenoxy) is 2. The van der Waals surface area contributed by atoms with Crippen molar-refractivity contribution in [2.24, 2.45) is 0 Å². The third-order valence-corrected chi connectivity index (χ3v) is 3.82. The van der Waals surface area contributed by atoms with Gasteiger partial charge in [0.1, 0.15) is 11.4 Å². The minimum Gasteiger partial charge on any atom is -0.497 e. The molecule has 1 atom stereocenters. The van der Waals surface area contributed by atoms with Crippen molar-refractivity contribution < 1.29 is 14.3 Å². The van der Waals surface area contributed by atoms with Crippen molar-refractivity contribution in [1.82, 2.24) is 10.3 Å². The van der Waals surface area contributed by atoms with E-state index in [1.54, 1.807) is 33.4 Å². The Hall–Kier alpha value is -2.40. The topological polar surface area (TPSA) is 60.5 Å². The number of pyridine rings is 1. The van der Waals surface area contributed by atoms with Crippen molar-refractivity contribution in [3.05, 3.63) is 59.9 Å². The van der Waals surface area contributed by atoms with Crippen molar-refractivity contribution in [2.75, 3.05) is 13.7 Å². The molecule has 5 heteroatoms. The fourth-order valence-electron chi connectivity index (χ4n) is 2.44. The number of rotatable bonds is 7. The second-order valence-corrected chi connectivity index (χ2v) is 5.90. The number of carbonyl (C=O) groups excluding carboxylic acids is 1. The maximum atomic E-state index is 12.7. The summed E-state index contributed by atoms with van der Waals surface area (Å²) in [5, 5.41) is 3.08. The van der Waals surface area contributed by atoms with Gasteiger partial charge in [-0.25, -0.2) is 0 Å². The molecular formula is C19H24N2O3. The van der Waals surface area contributed by atoms with Gasteiger partial charge in [0.25, 0.3) is 5.91 Å². The predicted molar refractivity (Wildman–Crippen MR) is 92.9 cm³/mol. The van der Waals surface area contributed by atoms with E-state index in [-0.39, 0.29) is 11.9 Å². The zero-order chi connectivity index (χ0) is 17.6. The molecule has 1 heterocycles. The largest absolute Gasteiger partial charge is 0.497 e. The molecule has 5 nitrogen and oxygen atoms in total. The average molecular weight is 328 g/mol. The van der Waals surface area contributed by atoms with Gasteiger partial charge in [-0.2, -0.15) is 0 Å². The highest BCUT2D eigenvalue weighted by Gasteiger charge is 2.30. The van der Waals surface area contributed by atoms with Crippen LogP contribution < -0.4 is 10.1 Å². The van der Waals surface area contributed by atoms with Crippen molar-refractivity contribution in [3.63, 3.8) is 0 Å². The molecule has 128 valence electrons. The Bertz CT molecular complexity index is 654. The Kier molecular flexibility index (Phi) is 5.93. The molecule has 1 aromatic heterocycles. The lowest BCUT2D eigenvalue weighted by atomic mass is 9.98. The summed E-state index contributed by atoms with van der Waals surface area (Å²) in [7, 11) is 1.63. The zero-order valence-electron chi connectivity index (χ0n) is 14.6. The number of carbonyl (C=O) groups is 1. The van der Waals surface area contributed by atoms with Gasteiger partial charge in [-0.1, -0.05) is 12.1 Å². The van der Waals surface area contributed by atoms with Crippen LogP contribution in [-0.4, -0.2) is 30.2 Å². The normalized spacial score (nSPS) is 12.5. The van der Waals surface area contributed by atoms with Crippen LogP contribution in [0.4, 0.5) is 0 Å². The van der Waals surface area contributed by atoms with Crippen LogP contribution in [0, 0.1) is 0 Å². The van der Waals surface area contributed by atoms with Gasteiger partial charge >= 0.3 is 0 Å². The number of methoxy groups -OCH3 is 1. The van der Waals surface area contributed by atoms with E-state index in [0.29, 0.717) is 6.61 Å². The molecule has 0 saturated heterocycles. The summed E-state index contributed by atoms with van der Waals surface area (Å²) in [6, 6.07) is 11.1. The molecule has 0 aliphatic rings. The summed E-state index contributed by atoms with van der Waals surface area (Å²) in [6.45, 7) is 5.88. The van der Waals surface area contributed by atoms with Crippen LogP contribution in [-0.2, 0) is 9.53 Å². The minimum atomic E-state index is -0.896. The second kappa shape index (κ2) is 7.93. The Balaban J connectivity index is 2.31. The molecule has 1 N–H and O–H groups in total. The number of amides is 1. The molecule has 24 heavy (non-hydrogen) atoms. The molecule has 0 bridgehead atoms. The van der Waals surface area contributed by atoms with E-state index in [4.69, 9.17) is 9.47 Å². The van der Waals surface area contributed by atoms with Crippen molar-refractivity contribution >= 4 is 5.91 Å². The first-order chi connectivity index (χ1) is 11.5. The van der Waals surface area contributed by atoms with Crippen molar-refractivity contribution in [2.45, 2.75) is 32.4 Å². The van der Waals surface area contributed by atoms with Gasteiger partial charge in [0.15, 0.2) is 0 Å². The minimum absolute atomic E-state index is 0.165. The molecular weight excluding hydrogens is 304 g/mol. The Morgan fingerprint density at radius 2 is 1.71 bits per heavy atom. The highest BCUT2D eigenvalue weighted by molar-refractivity contribution is 5.85. The quantitative estimate of drug-likeness (QED) is 0.848. The van der Waals surface area contributed by atoms with Crippen molar-refractivity contribution in [3.8, 4) is 5.75 Å². The molecule has 2 rings (SSSR count). The van der Waals surface area contributed by atoms with Gasteiger partial charge in [-0.3, -0.25) is 9.78 Å². The smallest absolute Gasteiger partial charge is 0.252 e. The Morgan fingerprint density at radius 1 is 1.12 bits per heavy atom. The molecule has 0 unspecified atom stereocenters. The first-order valence-electron chi connectivity index (χ1n) is 7.96. The molecule has 0 aliphatic heterocycles. The summed E-state index contributed by atoms with van der Waals surface area (Å²) in [4.78, 5) is 16.7. The van der Waals surface area contributed by atoms with Crippen LogP contribution in [0.25, 0.3) is 0 Å². The first-order valence-corrected chi connectivity index (χ1v) is 7.96. The van der Waals surface area contributed by atoms with Gasteiger partial charge in [0, 0.05) is 19.0 Å². The standard InChI is InChI=1S/C19H24N2O3/c1-5-24-19(2,3)18(22)21-17(15-10-12-20-13-11-15)14-6-8-16(23-4)9-7-14/h6-13,17H,5H2,1-4H3,(H,21,22)/t17-/m1/s1. The van der Waals surface area contributed by atoms with Gasteiger partial charge in [0.2, 0.25) is 0 Å². The van der Waals surface area contributed by atoms with E-state index >= 15 is 0 Å². The number of hydrogen-bond acceptors (Lipinski definition) is 4. The van der Waals surface area contributed by atoms with E-state index in [1.807, 2.05) is 43.3 Å². The van der Waals surface area contributed by atoms with Gasteiger partial charge in [-0.05, 0) is 56.2 Å². The van der Waals surface area contributed by atoms with Crippen LogP contribution in [0.1, 0.15) is 37.9 Å². The number of benzene rings is 1. The SMILES string of the molecule is CCOC(C)(C)C(=O)N[C@@H](c1ccncc1)c1ccc(OC)cc1. The third-order valence-electron chi connectivity index (χ3n) is 3.82. The number of nitrogens with one attached hydrogen (secondary N) is 1.